The second-order valence-corrected chi connectivity index (χ2v) is 3.77. The van der Waals surface area contributed by atoms with Gasteiger partial charge in [-0.3, -0.25) is 19.8 Å². The molecule has 0 radical (unpaired) electrons. The molecule has 0 saturated heterocycles. The smallest absolute Gasteiger partial charge is 0.306 e. The van der Waals surface area contributed by atoms with E-state index in [4.69, 9.17) is 5.73 Å². The lowest BCUT2D eigenvalue weighted by Crippen LogP contribution is -2.34. The first-order valence-corrected chi connectivity index (χ1v) is 5.84. The van der Waals surface area contributed by atoms with E-state index in [1.807, 2.05) is 0 Å². The minimum absolute atomic E-state index is 0.0143. The maximum absolute atomic E-state index is 10.4. The molecule has 1 aromatic heterocycles. The molecule has 0 atom stereocenters. The Morgan fingerprint density at radius 1 is 1.72 bits per heavy atom. The Labute approximate surface area is 105 Å². The van der Waals surface area contributed by atoms with E-state index in [1.165, 1.54) is 17.1 Å². The highest BCUT2D eigenvalue weighted by atomic mass is 16.6. The maximum atomic E-state index is 10.4. The highest BCUT2D eigenvalue weighted by molar-refractivity contribution is 5.77. The number of nitrogens with two attached hydrogens (primary N) is 1. The number of aliphatic imine (C=N–C) groups is 1. The van der Waals surface area contributed by atoms with Crippen LogP contribution in [-0.2, 0) is 6.54 Å². The van der Waals surface area contributed by atoms with Crippen molar-refractivity contribution in [1.29, 1.82) is 0 Å². The van der Waals surface area contributed by atoms with E-state index in [9.17, 15) is 10.1 Å². The summed E-state index contributed by atoms with van der Waals surface area (Å²) in [7, 11) is 0. The van der Waals surface area contributed by atoms with Crippen LogP contribution in [0.3, 0.4) is 0 Å². The van der Waals surface area contributed by atoms with Crippen molar-refractivity contribution in [2.75, 3.05) is 13.1 Å². The van der Waals surface area contributed by atoms with Crippen molar-refractivity contribution >= 4 is 11.6 Å². The van der Waals surface area contributed by atoms with Gasteiger partial charge in [-0.15, -0.1) is 0 Å². The molecule has 0 amide bonds. The summed E-state index contributed by atoms with van der Waals surface area (Å²) in [5.41, 5.74) is 5.62. The number of nitrogens with one attached hydrogen (secondary N) is 1. The standard InChI is InChI=1S/C10H18N6O2/c1-2-3-4-12-10(11)13-5-6-15-8-9(7-14-15)16(17)18/h7-8H,2-6H2,1H3,(H3,11,12,13). The molecule has 3 N–H and O–H groups in total. The zero-order valence-electron chi connectivity index (χ0n) is 10.4. The molecule has 0 bridgehead atoms. The van der Waals surface area contributed by atoms with Gasteiger partial charge in [0.15, 0.2) is 5.96 Å². The molecule has 18 heavy (non-hydrogen) atoms. The summed E-state index contributed by atoms with van der Waals surface area (Å²) in [6.45, 7) is 3.82. The molecule has 0 aliphatic carbocycles. The minimum atomic E-state index is -0.475. The lowest BCUT2D eigenvalue weighted by atomic mass is 10.3. The molecule has 8 nitrogen and oxygen atoms in total. The van der Waals surface area contributed by atoms with E-state index < -0.39 is 4.92 Å². The monoisotopic (exact) mass is 254 g/mol. The molecule has 8 heteroatoms. The van der Waals surface area contributed by atoms with E-state index in [-0.39, 0.29) is 5.69 Å². The molecule has 0 aliphatic heterocycles. The van der Waals surface area contributed by atoms with Gasteiger partial charge < -0.3 is 11.1 Å². The summed E-state index contributed by atoms with van der Waals surface area (Å²) in [4.78, 5) is 14.1. The van der Waals surface area contributed by atoms with E-state index in [2.05, 4.69) is 22.3 Å². The largest absolute Gasteiger partial charge is 0.370 e. The fourth-order valence-corrected chi connectivity index (χ4v) is 1.28. The predicted octanol–water partition coefficient (Wildman–Crippen LogP) is 0.496. The van der Waals surface area contributed by atoms with E-state index in [0.717, 1.165) is 12.8 Å². The van der Waals surface area contributed by atoms with Gasteiger partial charge >= 0.3 is 5.69 Å². The summed E-state index contributed by atoms with van der Waals surface area (Å²) in [6, 6.07) is 0. The first kappa shape index (κ1) is 13.9. The molecular formula is C10H18N6O2. The number of unbranched alkanes of at least 4 members (excludes halogenated alkanes) is 1. The summed E-state index contributed by atoms with van der Waals surface area (Å²) in [5, 5.41) is 17.2. The van der Waals surface area contributed by atoms with Crippen molar-refractivity contribution in [2.24, 2.45) is 10.7 Å². The molecule has 0 unspecified atom stereocenters. The van der Waals surface area contributed by atoms with Crippen molar-refractivity contribution in [1.82, 2.24) is 15.1 Å². The van der Waals surface area contributed by atoms with Gasteiger partial charge in [-0.05, 0) is 6.42 Å². The van der Waals surface area contributed by atoms with Gasteiger partial charge in [0.25, 0.3) is 0 Å². The molecule has 1 heterocycles. The number of rotatable bonds is 7. The Hall–Kier alpha value is -2.12. The van der Waals surface area contributed by atoms with Crippen molar-refractivity contribution < 1.29 is 4.92 Å². The van der Waals surface area contributed by atoms with Crippen LogP contribution >= 0.6 is 0 Å². The normalized spacial score (nSPS) is 11.5. The van der Waals surface area contributed by atoms with E-state index in [1.54, 1.807) is 0 Å². The highest BCUT2D eigenvalue weighted by Gasteiger charge is 2.07. The van der Waals surface area contributed by atoms with Crippen LogP contribution in [0.25, 0.3) is 0 Å². The lowest BCUT2D eigenvalue weighted by molar-refractivity contribution is -0.385. The molecular weight excluding hydrogens is 236 g/mol. The fourth-order valence-electron chi connectivity index (χ4n) is 1.28. The van der Waals surface area contributed by atoms with Gasteiger partial charge in [0.1, 0.15) is 12.4 Å². The first-order chi connectivity index (χ1) is 8.63. The summed E-state index contributed by atoms with van der Waals surface area (Å²) in [6.07, 6.45) is 4.69. The second-order valence-electron chi connectivity index (χ2n) is 3.77. The van der Waals surface area contributed by atoms with Crippen LogP contribution in [0.2, 0.25) is 0 Å². The summed E-state index contributed by atoms with van der Waals surface area (Å²) in [5.74, 6) is 0.394. The van der Waals surface area contributed by atoms with Crippen LogP contribution in [0, 0.1) is 10.1 Å². The number of nitro groups is 1. The Kier molecular flexibility index (Phi) is 5.62. The third-order valence-electron chi connectivity index (χ3n) is 2.27. The van der Waals surface area contributed by atoms with Crippen LogP contribution in [0.4, 0.5) is 5.69 Å². The Bertz CT molecular complexity index is 414. The Morgan fingerprint density at radius 3 is 3.11 bits per heavy atom. The second kappa shape index (κ2) is 7.25. The lowest BCUT2D eigenvalue weighted by Gasteiger charge is -2.05. The third kappa shape index (κ3) is 4.81. The van der Waals surface area contributed by atoms with Crippen molar-refractivity contribution in [3.63, 3.8) is 0 Å². The van der Waals surface area contributed by atoms with Crippen LogP contribution in [0.1, 0.15) is 19.8 Å². The minimum Gasteiger partial charge on any atom is -0.370 e. The molecule has 0 saturated carbocycles. The third-order valence-corrected chi connectivity index (χ3v) is 2.27. The Morgan fingerprint density at radius 2 is 2.50 bits per heavy atom. The van der Waals surface area contributed by atoms with Crippen LogP contribution in [-0.4, -0.2) is 33.8 Å². The molecule has 0 aliphatic rings. The summed E-state index contributed by atoms with van der Waals surface area (Å²) < 4.78 is 1.49. The molecule has 1 aromatic rings. The van der Waals surface area contributed by atoms with Crippen molar-refractivity contribution in [3.8, 4) is 0 Å². The number of nitrogens with zero attached hydrogens (tertiary/aromatic N) is 4. The average molecular weight is 254 g/mol. The van der Waals surface area contributed by atoms with Gasteiger partial charge in [0.05, 0.1) is 11.5 Å². The SMILES string of the molecule is CCCCN=C(N)NCCn1cc([N+](=O)[O-])cn1. The predicted molar refractivity (Wildman–Crippen MR) is 68.3 cm³/mol. The van der Waals surface area contributed by atoms with Gasteiger partial charge in [0.2, 0.25) is 0 Å². The molecule has 100 valence electrons. The number of aromatic nitrogens is 2. The number of hydrogen-bond acceptors (Lipinski definition) is 4. The van der Waals surface area contributed by atoms with Crippen molar-refractivity contribution in [3.05, 3.63) is 22.5 Å². The fraction of sp³-hybridized carbons (Fsp3) is 0.600. The zero-order valence-corrected chi connectivity index (χ0v) is 10.4. The van der Waals surface area contributed by atoms with Crippen LogP contribution < -0.4 is 11.1 Å². The van der Waals surface area contributed by atoms with Gasteiger partial charge in [-0.1, -0.05) is 13.3 Å². The van der Waals surface area contributed by atoms with Gasteiger partial charge in [-0.25, -0.2) is 0 Å². The molecule has 0 spiro atoms. The molecule has 0 fully saturated rings. The quantitative estimate of drug-likeness (QED) is 0.242. The Balaban J connectivity index is 2.28. The first-order valence-electron chi connectivity index (χ1n) is 5.84. The summed E-state index contributed by atoms with van der Waals surface area (Å²) >= 11 is 0. The van der Waals surface area contributed by atoms with Crippen LogP contribution in [0.5, 0.6) is 0 Å². The highest BCUT2D eigenvalue weighted by Crippen LogP contribution is 2.06. The molecule has 1 rings (SSSR count). The maximum Gasteiger partial charge on any atom is 0.306 e. The van der Waals surface area contributed by atoms with E-state index >= 15 is 0 Å². The number of hydrogen-bond donors (Lipinski definition) is 2. The van der Waals surface area contributed by atoms with E-state index in [0.29, 0.717) is 25.6 Å². The molecule has 0 aromatic carbocycles. The van der Waals surface area contributed by atoms with Gasteiger partial charge in [-0.2, -0.15) is 5.10 Å². The zero-order chi connectivity index (χ0) is 13.4. The number of guanidine groups is 1. The van der Waals surface area contributed by atoms with Gasteiger partial charge in [0, 0.05) is 13.1 Å². The topological polar surface area (TPSA) is 111 Å². The average Bonchev–Trinajstić information content (AvgIpc) is 2.78. The van der Waals surface area contributed by atoms with Crippen LogP contribution in [0.15, 0.2) is 17.4 Å². The van der Waals surface area contributed by atoms with Crippen molar-refractivity contribution in [2.45, 2.75) is 26.3 Å².